The number of benzene rings is 2. The minimum absolute atomic E-state index is 0.553. The van der Waals surface area contributed by atoms with Gasteiger partial charge in [-0.05, 0) is 24.3 Å². The SMILES string of the molecule is Clc1ccc2nc(-c3ccccc3)c(Nc3ccc4c(c3)OCCO4)n2c1. The highest BCUT2D eigenvalue weighted by Crippen LogP contribution is 2.36. The van der Waals surface area contributed by atoms with Gasteiger partial charge in [-0.15, -0.1) is 0 Å². The molecule has 0 unspecified atom stereocenters. The smallest absolute Gasteiger partial charge is 0.163 e. The van der Waals surface area contributed by atoms with Crippen LogP contribution in [0.5, 0.6) is 11.5 Å². The molecule has 27 heavy (non-hydrogen) atoms. The highest BCUT2D eigenvalue weighted by Gasteiger charge is 2.17. The van der Waals surface area contributed by atoms with Gasteiger partial charge in [-0.1, -0.05) is 41.9 Å². The zero-order valence-corrected chi connectivity index (χ0v) is 15.1. The van der Waals surface area contributed by atoms with Crippen LogP contribution < -0.4 is 14.8 Å². The highest BCUT2D eigenvalue weighted by molar-refractivity contribution is 6.30. The number of hydrogen-bond donors (Lipinski definition) is 1. The minimum Gasteiger partial charge on any atom is -0.486 e. The molecule has 6 heteroatoms. The van der Waals surface area contributed by atoms with E-state index >= 15 is 0 Å². The predicted octanol–water partition coefficient (Wildman–Crippen LogP) is 5.17. The Morgan fingerprint density at radius 1 is 0.926 bits per heavy atom. The van der Waals surface area contributed by atoms with E-state index < -0.39 is 0 Å². The lowest BCUT2D eigenvalue weighted by Gasteiger charge is -2.19. The number of rotatable bonds is 3. The number of fused-ring (bicyclic) bond motifs is 2. The predicted molar refractivity (Wildman–Crippen MR) is 106 cm³/mol. The largest absolute Gasteiger partial charge is 0.486 e. The summed E-state index contributed by atoms with van der Waals surface area (Å²) in [5, 5.41) is 4.12. The Labute approximate surface area is 161 Å². The van der Waals surface area contributed by atoms with E-state index in [0.717, 1.165) is 39.9 Å². The molecule has 0 bridgehead atoms. The maximum absolute atomic E-state index is 6.23. The van der Waals surface area contributed by atoms with E-state index in [1.165, 1.54) is 0 Å². The summed E-state index contributed by atoms with van der Waals surface area (Å²) in [7, 11) is 0. The van der Waals surface area contributed by atoms with Crippen LogP contribution in [0, 0.1) is 0 Å². The highest BCUT2D eigenvalue weighted by atomic mass is 35.5. The molecule has 0 atom stereocenters. The Kier molecular flexibility index (Phi) is 3.87. The van der Waals surface area contributed by atoms with Crippen LogP contribution >= 0.6 is 11.6 Å². The van der Waals surface area contributed by atoms with Crippen LogP contribution in [0.2, 0.25) is 5.02 Å². The molecule has 0 saturated carbocycles. The molecule has 1 aliphatic heterocycles. The maximum atomic E-state index is 6.23. The number of imidazole rings is 1. The molecule has 0 fully saturated rings. The van der Waals surface area contributed by atoms with Crippen molar-refractivity contribution in [2.45, 2.75) is 0 Å². The van der Waals surface area contributed by atoms with E-state index in [0.29, 0.717) is 18.2 Å². The van der Waals surface area contributed by atoms with Gasteiger partial charge < -0.3 is 14.8 Å². The van der Waals surface area contributed by atoms with Crippen LogP contribution in [0.3, 0.4) is 0 Å². The molecule has 1 aliphatic rings. The summed E-state index contributed by atoms with van der Waals surface area (Å²) in [6.07, 6.45) is 1.86. The Hall–Kier alpha value is -3.18. The molecule has 0 spiro atoms. The average Bonchev–Trinajstić information content (AvgIpc) is 3.06. The summed E-state index contributed by atoms with van der Waals surface area (Å²) >= 11 is 6.23. The number of aromatic nitrogens is 2. The maximum Gasteiger partial charge on any atom is 0.163 e. The van der Waals surface area contributed by atoms with Crippen molar-refractivity contribution in [1.29, 1.82) is 0 Å². The van der Waals surface area contributed by atoms with Crippen LogP contribution in [0.15, 0.2) is 66.9 Å². The van der Waals surface area contributed by atoms with Crippen LogP contribution in [0.1, 0.15) is 0 Å². The average molecular weight is 378 g/mol. The Morgan fingerprint density at radius 3 is 2.59 bits per heavy atom. The summed E-state index contributed by atoms with van der Waals surface area (Å²) in [5.74, 6) is 2.34. The number of anilines is 2. The first-order valence-corrected chi connectivity index (χ1v) is 9.05. The lowest BCUT2D eigenvalue weighted by molar-refractivity contribution is 0.171. The summed E-state index contributed by atoms with van der Waals surface area (Å²) in [6.45, 7) is 1.13. The summed E-state index contributed by atoms with van der Waals surface area (Å²) in [6, 6.07) is 19.6. The molecular weight excluding hydrogens is 362 g/mol. The topological polar surface area (TPSA) is 47.8 Å². The van der Waals surface area contributed by atoms with Crippen molar-refractivity contribution in [3.63, 3.8) is 0 Å². The van der Waals surface area contributed by atoms with Gasteiger partial charge in [0.1, 0.15) is 30.4 Å². The van der Waals surface area contributed by atoms with Crippen molar-refractivity contribution in [3.05, 3.63) is 71.9 Å². The van der Waals surface area contributed by atoms with E-state index in [4.69, 9.17) is 26.1 Å². The van der Waals surface area contributed by atoms with Gasteiger partial charge in [-0.3, -0.25) is 4.40 Å². The number of ether oxygens (including phenoxy) is 2. The zero-order valence-electron chi connectivity index (χ0n) is 14.4. The fraction of sp³-hybridized carbons (Fsp3) is 0.0952. The second-order valence-corrected chi connectivity index (χ2v) is 6.67. The second-order valence-electron chi connectivity index (χ2n) is 6.23. The van der Waals surface area contributed by atoms with E-state index in [1.54, 1.807) is 0 Å². The van der Waals surface area contributed by atoms with E-state index in [2.05, 4.69) is 5.32 Å². The van der Waals surface area contributed by atoms with Gasteiger partial charge in [0.15, 0.2) is 11.5 Å². The van der Waals surface area contributed by atoms with Gasteiger partial charge in [0, 0.05) is 23.5 Å². The van der Waals surface area contributed by atoms with Gasteiger partial charge in [0.2, 0.25) is 0 Å². The van der Waals surface area contributed by atoms with Gasteiger partial charge >= 0.3 is 0 Å². The molecule has 5 nitrogen and oxygen atoms in total. The molecule has 3 heterocycles. The van der Waals surface area contributed by atoms with Crippen molar-refractivity contribution in [1.82, 2.24) is 9.38 Å². The zero-order chi connectivity index (χ0) is 18.2. The van der Waals surface area contributed by atoms with E-state index in [-0.39, 0.29) is 0 Å². The fourth-order valence-corrected chi connectivity index (χ4v) is 3.35. The van der Waals surface area contributed by atoms with E-state index in [1.807, 2.05) is 71.3 Å². The molecule has 2 aromatic carbocycles. The van der Waals surface area contributed by atoms with E-state index in [9.17, 15) is 0 Å². The Morgan fingerprint density at radius 2 is 1.74 bits per heavy atom. The first kappa shape index (κ1) is 16.0. The van der Waals surface area contributed by atoms with Gasteiger partial charge in [-0.2, -0.15) is 0 Å². The van der Waals surface area contributed by atoms with Crippen LogP contribution in [-0.4, -0.2) is 22.6 Å². The third-order valence-electron chi connectivity index (χ3n) is 4.43. The van der Waals surface area contributed by atoms with Gasteiger partial charge in [-0.25, -0.2) is 4.98 Å². The summed E-state index contributed by atoms with van der Waals surface area (Å²) < 4.78 is 13.3. The minimum atomic E-state index is 0.553. The number of hydrogen-bond acceptors (Lipinski definition) is 4. The molecule has 5 rings (SSSR count). The third kappa shape index (κ3) is 2.96. The molecule has 1 N–H and O–H groups in total. The molecular formula is C21H16ClN3O2. The monoisotopic (exact) mass is 377 g/mol. The lowest BCUT2D eigenvalue weighted by Crippen LogP contribution is -2.15. The lowest BCUT2D eigenvalue weighted by atomic mass is 10.1. The normalized spacial score (nSPS) is 12.9. The second kappa shape index (κ2) is 6.52. The third-order valence-corrected chi connectivity index (χ3v) is 4.66. The molecule has 2 aromatic heterocycles. The quantitative estimate of drug-likeness (QED) is 0.535. The van der Waals surface area contributed by atoms with Crippen LogP contribution in [0.25, 0.3) is 16.9 Å². The fourth-order valence-electron chi connectivity index (χ4n) is 3.19. The number of nitrogens with one attached hydrogen (secondary N) is 1. The molecule has 0 saturated heterocycles. The van der Waals surface area contributed by atoms with Crippen molar-refractivity contribution in [2.24, 2.45) is 0 Å². The first-order chi connectivity index (χ1) is 13.3. The Balaban J connectivity index is 1.64. The van der Waals surface area contributed by atoms with Gasteiger partial charge in [0.05, 0.1) is 5.02 Å². The standard InChI is InChI=1S/C21H16ClN3O2/c22-15-6-9-19-24-20(14-4-2-1-3-5-14)21(25(19)13-15)23-16-7-8-17-18(12-16)27-11-10-26-17/h1-9,12-13,23H,10-11H2. The number of halogens is 1. The van der Waals surface area contributed by atoms with Crippen molar-refractivity contribution >= 4 is 28.8 Å². The molecule has 134 valence electrons. The van der Waals surface area contributed by atoms with Crippen molar-refractivity contribution < 1.29 is 9.47 Å². The Bertz CT molecular complexity index is 1130. The van der Waals surface area contributed by atoms with Crippen molar-refractivity contribution in [2.75, 3.05) is 18.5 Å². The number of pyridine rings is 1. The molecule has 0 amide bonds. The molecule has 0 radical (unpaired) electrons. The van der Waals surface area contributed by atoms with Gasteiger partial charge in [0.25, 0.3) is 0 Å². The van der Waals surface area contributed by atoms with Crippen LogP contribution in [-0.2, 0) is 0 Å². The van der Waals surface area contributed by atoms with Crippen LogP contribution in [0.4, 0.5) is 11.5 Å². The first-order valence-electron chi connectivity index (χ1n) is 8.68. The molecule has 4 aromatic rings. The molecule has 0 aliphatic carbocycles. The number of nitrogens with zero attached hydrogens (tertiary/aromatic N) is 2. The van der Waals surface area contributed by atoms with Crippen molar-refractivity contribution in [3.8, 4) is 22.8 Å². The summed E-state index contributed by atoms with van der Waals surface area (Å²) in [4.78, 5) is 4.79. The summed E-state index contributed by atoms with van der Waals surface area (Å²) in [5.41, 5.74) is 3.58.